The highest BCUT2D eigenvalue weighted by Crippen LogP contribution is 2.31. The Labute approximate surface area is 505 Å². The van der Waals surface area contributed by atoms with Crippen LogP contribution in [0.4, 0.5) is 0 Å². The Hall–Kier alpha value is -7.64. The number of ether oxygens (including phenoxy) is 2. The number of nitrogens with two attached hydrogens (primary N) is 1. The summed E-state index contributed by atoms with van der Waals surface area (Å²) in [6.45, 7) is 33.2. The molecule has 0 saturated heterocycles. The van der Waals surface area contributed by atoms with Crippen LogP contribution in [-0.4, -0.2) is 29.8 Å². The number of nitrogens with zero attached hydrogens (tertiary/aromatic N) is 2. The second kappa shape index (κ2) is 53.7. The number of carbonyl (C=O) groups is 2. The summed E-state index contributed by atoms with van der Waals surface area (Å²) in [7, 11) is 0. The number of Topliss-reactive ketones (excluding diaryl/α,β-unsaturated/α-hetero) is 2. The summed E-state index contributed by atoms with van der Waals surface area (Å²) in [5.74, 6) is 8.12. The quantitative estimate of drug-likeness (QED) is 0.0537. The van der Waals surface area contributed by atoms with Crippen molar-refractivity contribution in [2.45, 2.75) is 175 Å². The summed E-state index contributed by atoms with van der Waals surface area (Å²) in [5, 5.41) is 0. The van der Waals surface area contributed by atoms with Gasteiger partial charge in [-0.15, -0.1) is 0 Å². The molecule has 8 rings (SSSR count). The zero-order chi connectivity index (χ0) is 62.3. The van der Waals surface area contributed by atoms with Crippen LogP contribution in [0.3, 0.4) is 0 Å². The standard InChI is InChI=1S/C30H31N2O2.C30H29NO2.8C2H6/c31-32-21-6-7-26(23-32)17-19-28(33)18-16-24-12-14-25(15-13-24)20-22-34-30-11-5-4-10-29(30)27-8-2-1-3-9-27;32-28(19-17-26-7-6-21-31-23-26)18-16-24-12-14-25(15-13-24)20-22-33-30-11-5-4-10-29(30)27-8-2-1-3-9-27;8*1-2/h1-15,21,23H,16-20,22,31H2;1-15,21,23H,16-20,22H2;8*1-2H3/q+1;;;;;;;;;. The molecule has 2 N–H and O–H groups in total. The van der Waals surface area contributed by atoms with E-state index in [2.05, 4.69) is 89.9 Å². The molecule has 0 radical (unpaired) electrons. The first-order valence-electron chi connectivity index (χ1n) is 31.3. The fourth-order valence-electron chi connectivity index (χ4n) is 7.82. The van der Waals surface area contributed by atoms with Crippen LogP contribution in [0.15, 0.2) is 207 Å². The van der Waals surface area contributed by atoms with Gasteiger partial charge in [-0.3, -0.25) is 14.6 Å². The number of benzene rings is 6. The van der Waals surface area contributed by atoms with Gasteiger partial charge in [0.2, 0.25) is 6.20 Å². The molecule has 0 aliphatic carbocycles. The molecule has 0 unspecified atom stereocenters. The molecule has 0 spiro atoms. The van der Waals surface area contributed by atoms with E-state index in [0.29, 0.717) is 44.7 Å². The normalized spacial score (nSPS) is 9.20. The van der Waals surface area contributed by atoms with E-state index in [4.69, 9.17) is 15.3 Å². The molecule has 0 saturated carbocycles. The monoisotopic (exact) mass is 1130 g/mol. The highest BCUT2D eigenvalue weighted by Gasteiger charge is 2.10. The molecule has 0 fully saturated rings. The number of para-hydroxylation sites is 2. The van der Waals surface area contributed by atoms with Crippen molar-refractivity contribution >= 4 is 11.6 Å². The maximum absolute atomic E-state index is 12.3. The summed E-state index contributed by atoms with van der Waals surface area (Å²) in [6.07, 6.45) is 14.2. The lowest BCUT2D eigenvalue weighted by Gasteiger charge is -2.12. The van der Waals surface area contributed by atoms with Crippen LogP contribution in [0.5, 0.6) is 11.5 Å². The van der Waals surface area contributed by atoms with Crippen molar-refractivity contribution < 1.29 is 23.7 Å². The largest absolute Gasteiger partial charge is 0.493 e. The minimum absolute atomic E-state index is 0.280. The fraction of sp³-hybridized carbons (Fsp3) is 0.368. The van der Waals surface area contributed by atoms with Gasteiger partial charge < -0.3 is 9.47 Å². The van der Waals surface area contributed by atoms with E-state index in [1.807, 2.05) is 220 Å². The lowest BCUT2D eigenvalue weighted by atomic mass is 10.0. The van der Waals surface area contributed by atoms with Crippen molar-refractivity contribution in [1.82, 2.24) is 4.98 Å². The van der Waals surface area contributed by atoms with Gasteiger partial charge in [0, 0.05) is 73.7 Å². The minimum Gasteiger partial charge on any atom is -0.493 e. The molecule has 6 aromatic carbocycles. The number of aromatic nitrogens is 2. The third-order valence-corrected chi connectivity index (χ3v) is 11.7. The lowest BCUT2D eigenvalue weighted by Crippen LogP contribution is -2.43. The predicted octanol–water partition coefficient (Wildman–Crippen LogP) is 19.8. The number of nitrogen functional groups attached to an aromatic ring is 1. The van der Waals surface area contributed by atoms with E-state index in [-0.39, 0.29) is 5.78 Å². The van der Waals surface area contributed by atoms with Crippen LogP contribution in [-0.2, 0) is 48.1 Å². The highest BCUT2D eigenvalue weighted by atomic mass is 16.5. The molecular formula is C76H108N3O4+. The Balaban J connectivity index is 0. The van der Waals surface area contributed by atoms with E-state index in [9.17, 15) is 9.59 Å². The van der Waals surface area contributed by atoms with Crippen molar-refractivity contribution in [3.63, 3.8) is 0 Å². The molecule has 83 heavy (non-hydrogen) atoms. The Kier molecular flexibility index (Phi) is 50.1. The van der Waals surface area contributed by atoms with E-state index in [1.165, 1.54) is 26.9 Å². The second-order valence-corrected chi connectivity index (χ2v) is 16.7. The lowest BCUT2D eigenvalue weighted by molar-refractivity contribution is -0.639. The van der Waals surface area contributed by atoms with Crippen LogP contribution in [0.2, 0.25) is 0 Å². The number of hydrogen-bond acceptors (Lipinski definition) is 6. The zero-order valence-corrected chi connectivity index (χ0v) is 54.2. The fourth-order valence-corrected chi connectivity index (χ4v) is 7.82. The Morgan fingerprint density at radius 2 is 0.687 bits per heavy atom. The molecule has 7 heteroatoms. The molecule has 8 aromatic rings. The molecule has 2 heterocycles. The van der Waals surface area contributed by atoms with Crippen molar-refractivity contribution in [2.75, 3.05) is 19.1 Å². The van der Waals surface area contributed by atoms with Crippen LogP contribution in [0.1, 0.15) is 170 Å². The average molecular weight is 1130 g/mol. The summed E-state index contributed by atoms with van der Waals surface area (Å²) in [5.41, 5.74) is 11.6. The van der Waals surface area contributed by atoms with Gasteiger partial charge in [-0.2, -0.15) is 0 Å². The molecule has 0 bridgehead atoms. The Morgan fingerprint density at radius 3 is 1.05 bits per heavy atom. The van der Waals surface area contributed by atoms with E-state index in [1.54, 1.807) is 12.4 Å². The van der Waals surface area contributed by atoms with Crippen LogP contribution >= 0.6 is 0 Å². The van der Waals surface area contributed by atoms with Gasteiger partial charge in [0.05, 0.1) is 13.2 Å². The zero-order valence-electron chi connectivity index (χ0n) is 54.2. The topological polar surface area (TPSA) is 95.4 Å². The number of carbonyl (C=O) groups excluding carboxylic acids is 2. The number of aryl methyl sites for hydroxylation is 4. The molecule has 0 aliphatic heterocycles. The molecule has 2 aromatic heterocycles. The molecule has 0 atom stereocenters. The number of rotatable bonds is 22. The van der Waals surface area contributed by atoms with Gasteiger partial charge in [-0.1, -0.05) is 267 Å². The van der Waals surface area contributed by atoms with E-state index >= 15 is 0 Å². The molecule has 0 aliphatic rings. The third-order valence-electron chi connectivity index (χ3n) is 11.7. The van der Waals surface area contributed by atoms with Gasteiger partial charge in [0.15, 0.2) is 6.20 Å². The van der Waals surface area contributed by atoms with Gasteiger partial charge in [0.25, 0.3) is 0 Å². The van der Waals surface area contributed by atoms with Crippen molar-refractivity contribution in [2.24, 2.45) is 0 Å². The molecule has 450 valence electrons. The molecular weight excluding hydrogens is 1020 g/mol. The average Bonchev–Trinajstić information content (AvgIpc) is 3.66. The first-order valence-corrected chi connectivity index (χ1v) is 31.3. The van der Waals surface area contributed by atoms with Crippen LogP contribution in [0.25, 0.3) is 22.3 Å². The van der Waals surface area contributed by atoms with Crippen molar-refractivity contribution in [1.29, 1.82) is 0 Å². The Morgan fingerprint density at radius 1 is 0.361 bits per heavy atom. The summed E-state index contributed by atoms with van der Waals surface area (Å²) >= 11 is 0. The molecule has 0 amide bonds. The van der Waals surface area contributed by atoms with Gasteiger partial charge in [-0.05, 0) is 88.9 Å². The van der Waals surface area contributed by atoms with Crippen molar-refractivity contribution in [3.05, 3.63) is 240 Å². The maximum Gasteiger partial charge on any atom is 0.202 e. The highest BCUT2D eigenvalue weighted by molar-refractivity contribution is 5.79. The van der Waals surface area contributed by atoms with Crippen LogP contribution < -0.4 is 20.0 Å². The number of ketones is 2. The summed E-state index contributed by atoms with van der Waals surface area (Å²) < 4.78 is 13.8. The maximum atomic E-state index is 12.3. The van der Waals surface area contributed by atoms with Crippen LogP contribution in [0, 0.1) is 0 Å². The van der Waals surface area contributed by atoms with Gasteiger partial charge in [-0.25, -0.2) is 5.84 Å². The SMILES string of the molecule is CC.CC.CC.CC.CC.CC.CC.CC.N[n+]1cccc(CCC(=O)CCc2ccc(CCOc3ccccc3-c3ccccc3)cc2)c1.O=C(CCc1ccc(CCOc2ccccc2-c2ccccc2)cc1)CCc1cccnc1. The van der Waals surface area contributed by atoms with Crippen molar-refractivity contribution in [3.8, 4) is 33.8 Å². The van der Waals surface area contributed by atoms with E-state index in [0.717, 1.165) is 83.4 Å². The first kappa shape index (κ1) is 77.4. The minimum atomic E-state index is 0.280. The first-order chi connectivity index (χ1) is 40.9. The van der Waals surface area contributed by atoms with E-state index < -0.39 is 0 Å². The second-order valence-electron chi connectivity index (χ2n) is 16.7. The predicted molar refractivity (Wildman–Crippen MR) is 360 cm³/mol. The summed E-state index contributed by atoms with van der Waals surface area (Å²) in [4.78, 5) is 28.6. The molecule has 7 nitrogen and oxygen atoms in total. The number of hydrogen-bond donors (Lipinski definition) is 1. The van der Waals surface area contributed by atoms with Gasteiger partial charge in [0.1, 0.15) is 23.1 Å². The Bertz CT molecular complexity index is 2730. The van der Waals surface area contributed by atoms with Gasteiger partial charge >= 0.3 is 0 Å². The smallest absolute Gasteiger partial charge is 0.202 e. The summed E-state index contributed by atoms with van der Waals surface area (Å²) in [6, 6.07) is 61.8. The number of pyridine rings is 2. The third kappa shape index (κ3) is 33.2.